The number of carbonyl (C=O) groups excluding carboxylic acids is 1. The van der Waals surface area contributed by atoms with Gasteiger partial charge in [-0.25, -0.2) is 4.68 Å². The fourth-order valence-corrected chi connectivity index (χ4v) is 3.96. The first-order valence-corrected chi connectivity index (χ1v) is 10.3. The number of amides is 1. The SMILES string of the molecule is CCCn1ccc2cc(NC(=O)c3nnn(-c4cccc5cnccc45)c3C)ccc21. The molecule has 0 radical (unpaired) electrons. The van der Waals surface area contributed by atoms with Crippen molar-refractivity contribution in [2.45, 2.75) is 26.8 Å². The number of hydrogen-bond donors (Lipinski definition) is 1. The minimum absolute atomic E-state index is 0.280. The van der Waals surface area contributed by atoms with Gasteiger partial charge in [0.15, 0.2) is 5.69 Å². The van der Waals surface area contributed by atoms with E-state index in [-0.39, 0.29) is 5.91 Å². The van der Waals surface area contributed by atoms with E-state index in [1.807, 2.05) is 55.6 Å². The fraction of sp³-hybridized carbons (Fsp3) is 0.167. The Balaban J connectivity index is 1.44. The van der Waals surface area contributed by atoms with Crippen molar-refractivity contribution >= 4 is 33.3 Å². The first-order chi connectivity index (χ1) is 15.2. The number of anilines is 1. The van der Waals surface area contributed by atoms with Crippen LogP contribution in [0.4, 0.5) is 5.69 Å². The molecule has 31 heavy (non-hydrogen) atoms. The summed E-state index contributed by atoms with van der Waals surface area (Å²) in [6.45, 7) is 4.98. The highest BCUT2D eigenvalue weighted by molar-refractivity contribution is 6.04. The molecule has 5 rings (SSSR count). The summed E-state index contributed by atoms with van der Waals surface area (Å²) < 4.78 is 3.92. The van der Waals surface area contributed by atoms with Gasteiger partial charge in [-0.05, 0) is 49.7 Å². The van der Waals surface area contributed by atoms with Gasteiger partial charge in [0, 0.05) is 52.5 Å². The number of aromatic nitrogens is 5. The van der Waals surface area contributed by atoms with E-state index in [0.29, 0.717) is 11.4 Å². The summed E-state index contributed by atoms with van der Waals surface area (Å²) in [7, 11) is 0. The molecule has 7 heteroatoms. The van der Waals surface area contributed by atoms with Crippen molar-refractivity contribution in [1.29, 1.82) is 0 Å². The minimum Gasteiger partial charge on any atom is -0.347 e. The Kier molecular flexibility index (Phi) is 4.71. The van der Waals surface area contributed by atoms with Crippen LogP contribution in [0.2, 0.25) is 0 Å². The average Bonchev–Trinajstić information content (AvgIpc) is 3.37. The molecule has 1 N–H and O–H groups in total. The minimum atomic E-state index is -0.280. The van der Waals surface area contributed by atoms with E-state index in [0.717, 1.165) is 46.0 Å². The van der Waals surface area contributed by atoms with Gasteiger partial charge >= 0.3 is 0 Å². The molecule has 3 aromatic heterocycles. The summed E-state index contributed by atoms with van der Waals surface area (Å²) in [4.78, 5) is 17.1. The van der Waals surface area contributed by atoms with Crippen LogP contribution in [-0.2, 0) is 6.54 Å². The molecule has 0 unspecified atom stereocenters. The van der Waals surface area contributed by atoms with E-state index in [1.165, 1.54) is 0 Å². The van der Waals surface area contributed by atoms with Gasteiger partial charge in [0.1, 0.15) is 0 Å². The summed E-state index contributed by atoms with van der Waals surface area (Å²) in [6.07, 6.45) is 6.71. The second-order valence-electron chi connectivity index (χ2n) is 7.55. The Hall–Kier alpha value is -4.00. The van der Waals surface area contributed by atoms with Crippen LogP contribution < -0.4 is 5.32 Å². The number of hydrogen-bond acceptors (Lipinski definition) is 4. The van der Waals surface area contributed by atoms with Crippen LogP contribution >= 0.6 is 0 Å². The van der Waals surface area contributed by atoms with E-state index in [9.17, 15) is 4.79 Å². The van der Waals surface area contributed by atoms with E-state index in [2.05, 4.69) is 44.4 Å². The maximum atomic E-state index is 12.9. The number of nitrogens with zero attached hydrogens (tertiary/aromatic N) is 5. The monoisotopic (exact) mass is 410 g/mol. The molecule has 0 aliphatic rings. The second kappa shape index (κ2) is 7.68. The van der Waals surface area contributed by atoms with Crippen molar-refractivity contribution in [3.63, 3.8) is 0 Å². The largest absolute Gasteiger partial charge is 0.347 e. The third kappa shape index (κ3) is 3.34. The Morgan fingerprint density at radius 2 is 2.00 bits per heavy atom. The van der Waals surface area contributed by atoms with Gasteiger partial charge < -0.3 is 9.88 Å². The molecule has 0 aliphatic carbocycles. The lowest BCUT2D eigenvalue weighted by molar-refractivity contribution is 0.102. The number of pyridine rings is 1. The van der Waals surface area contributed by atoms with E-state index < -0.39 is 0 Å². The third-order valence-electron chi connectivity index (χ3n) is 5.49. The molecule has 2 aromatic carbocycles. The molecule has 0 bridgehead atoms. The van der Waals surface area contributed by atoms with Crippen molar-refractivity contribution in [1.82, 2.24) is 24.5 Å². The van der Waals surface area contributed by atoms with E-state index >= 15 is 0 Å². The average molecular weight is 410 g/mol. The quantitative estimate of drug-likeness (QED) is 0.454. The van der Waals surface area contributed by atoms with Crippen molar-refractivity contribution in [2.75, 3.05) is 5.32 Å². The van der Waals surface area contributed by atoms with Crippen LogP contribution in [0, 0.1) is 6.92 Å². The van der Waals surface area contributed by atoms with Crippen molar-refractivity contribution in [3.05, 3.63) is 78.5 Å². The highest BCUT2D eigenvalue weighted by Crippen LogP contribution is 2.24. The zero-order valence-electron chi connectivity index (χ0n) is 17.4. The van der Waals surface area contributed by atoms with Crippen molar-refractivity contribution in [3.8, 4) is 5.69 Å². The first kappa shape index (κ1) is 19.0. The molecule has 0 fully saturated rings. The van der Waals surface area contributed by atoms with Crippen molar-refractivity contribution < 1.29 is 4.79 Å². The number of aryl methyl sites for hydroxylation is 1. The lowest BCUT2D eigenvalue weighted by Crippen LogP contribution is -2.14. The number of fused-ring (bicyclic) bond motifs is 2. The number of carbonyl (C=O) groups is 1. The lowest BCUT2D eigenvalue weighted by Gasteiger charge is -2.08. The van der Waals surface area contributed by atoms with Gasteiger partial charge in [-0.1, -0.05) is 24.3 Å². The molecule has 0 atom stereocenters. The van der Waals surface area contributed by atoms with Crippen LogP contribution in [0.15, 0.2) is 67.1 Å². The highest BCUT2D eigenvalue weighted by Gasteiger charge is 2.19. The van der Waals surface area contributed by atoms with Crippen LogP contribution in [0.5, 0.6) is 0 Å². The molecule has 3 heterocycles. The van der Waals surface area contributed by atoms with E-state index in [4.69, 9.17) is 0 Å². The number of benzene rings is 2. The van der Waals surface area contributed by atoms with Crippen LogP contribution in [0.1, 0.15) is 29.5 Å². The lowest BCUT2D eigenvalue weighted by atomic mass is 10.1. The Morgan fingerprint density at radius 3 is 2.87 bits per heavy atom. The molecular weight excluding hydrogens is 388 g/mol. The molecule has 5 aromatic rings. The van der Waals surface area contributed by atoms with Gasteiger partial charge in [0.05, 0.1) is 11.4 Å². The van der Waals surface area contributed by atoms with Crippen LogP contribution in [0.3, 0.4) is 0 Å². The summed E-state index contributed by atoms with van der Waals surface area (Å²) in [5, 5.41) is 14.5. The predicted octanol–water partition coefficient (Wildman–Crippen LogP) is 4.74. The topological polar surface area (TPSA) is 77.6 Å². The molecule has 154 valence electrons. The Bertz CT molecular complexity index is 1410. The molecule has 1 amide bonds. The molecule has 7 nitrogen and oxygen atoms in total. The standard InChI is InChI=1S/C24H22N6O/c1-3-12-29-13-10-17-14-19(7-8-21(17)29)26-24(31)23-16(2)30(28-27-23)22-6-4-5-18-15-25-11-9-20(18)22/h4-11,13-15H,3,12H2,1-2H3,(H,26,31). The zero-order valence-corrected chi connectivity index (χ0v) is 17.4. The summed E-state index contributed by atoms with van der Waals surface area (Å²) in [6, 6.07) is 15.8. The van der Waals surface area contributed by atoms with Gasteiger partial charge in [-0.2, -0.15) is 0 Å². The number of rotatable bonds is 5. The highest BCUT2D eigenvalue weighted by atomic mass is 16.2. The molecule has 0 saturated heterocycles. The molecule has 0 aliphatic heterocycles. The normalized spacial score (nSPS) is 11.3. The van der Waals surface area contributed by atoms with E-state index in [1.54, 1.807) is 10.9 Å². The number of nitrogens with one attached hydrogen (secondary N) is 1. The molecular formula is C24H22N6O. The van der Waals surface area contributed by atoms with Crippen LogP contribution in [0.25, 0.3) is 27.4 Å². The van der Waals surface area contributed by atoms with Gasteiger partial charge in [-0.3, -0.25) is 9.78 Å². The molecule has 0 spiro atoms. The third-order valence-corrected chi connectivity index (χ3v) is 5.49. The van der Waals surface area contributed by atoms with Gasteiger partial charge in [0.2, 0.25) is 0 Å². The predicted molar refractivity (Wildman–Crippen MR) is 122 cm³/mol. The summed E-state index contributed by atoms with van der Waals surface area (Å²) >= 11 is 0. The van der Waals surface area contributed by atoms with Gasteiger partial charge in [0.25, 0.3) is 5.91 Å². The zero-order chi connectivity index (χ0) is 21.4. The fourth-order valence-electron chi connectivity index (χ4n) is 3.96. The first-order valence-electron chi connectivity index (χ1n) is 10.3. The summed E-state index contributed by atoms with van der Waals surface area (Å²) in [5.41, 5.74) is 3.73. The molecule has 0 saturated carbocycles. The van der Waals surface area contributed by atoms with Crippen LogP contribution in [-0.4, -0.2) is 30.5 Å². The maximum absolute atomic E-state index is 12.9. The Morgan fingerprint density at radius 1 is 1.10 bits per heavy atom. The maximum Gasteiger partial charge on any atom is 0.278 e. The van der Waals surface area contributed by atoms with Crippen molar-refractivity contribution in [2.24, 2.45) is 0 Å². The smallest absolute Gasteiger partial charge is 0.278 e. The second-order valence-corrected chi connectivity index (χ2v) is 7.55. The van der Waals surface area contributed by atoms with Gasteiger partial charge in [-0.15, -0.1) is 5.10 Å². The Labute approximate surface area is 179 Å². The summed E-state index contributed by atoms with van der Waals surface area (Å²) in [5.74, 6) is -0.280.